The van der Waals surface area contributed by atoms with Crippen molar-refractivity contribution >= 4 is 11.9 Å². The van der Waals surface area contributed by atoms with Crippen LogP contribution in [0.1, 0.15) is 55.7 Å². The van der Waals surface area contributed by atoms with E-state index in [9.17, 15) is 9.59 Å². The first-order valence-corrected chi connectivity index (χ1v) is 15.6. The maximum absolute atomic E-state index is 13.3. The van der Waals surface area contributed by atoms with Crippen molar-refractivity contribution in [2.24, 2.45) is 5.92 Å². The van der Waals surface area contributed by atoms with Gasteiger partial charge in [-0.1, -0.05) is 67.4 Å². The normalized spacial score (nSPS) is 22.2. The van der Waals surface area contributed by atoms with Crippen LogP contribution in [0.5, 0.6) is 11.5 Å². The fourth-order valence-corrected chi connectivity index (χ4v) is 6.54. The summed E-state index contributed by atoms with van der Waals surface area (Å²) in [4.78, 5) is 25.7. The number of methoxy groups -OCH3 is 2. The van der Waals surface area contributed by atoms with Crippen LogP contribution in [0.2, 0.25) is 0 Å². The minimum absolute atomic E-state index is 0.111. The van der Waals surface area contributed by atoms with E-state index in [1.54, 1.807) is 14.2 Å². The minimum atomic E-state index is -1.14. The highest BCUT2D eigenvalue weighted by molar-refractivity contribution is 5.80. The molecule has 0 aliphatic carbocycles. The van der Waals surface area contributed by atoms with Gasteiger partial charge in [0.2, 0.25) is 5.91 Å². The molecule has 0 radical (unpaired) electrons. The molecular formula is C36H43NO8. The number of unbranched alkanes of at least 4 members (excludes halogenated alkanes) is 3. The molecular weight excluding hydrogens is 574 g/mol. The summed E-state index contributed by atoms with van der Waals surface area (Å²) in [5.74, 6) is 0.370. The summed E-state index contributed by atoms with van der Waals surface area (Å²) < 4.78 is 30.5. The van der Waals surface area contributed by atoms with Gasteiger partial charge in [-0.3, -0.25) is 9.59 Å². The molecule has 0 aromatic heterocycles. The fraction of sp³-hybridized carbons (Fsp3) is 0.444. The molecule has 240 valence electrons. The van der Waals surface area contributed by atoms with Gasteiger partial charge >= 0.3 is 5.97 Å². The Bertz CT molecular complexity index is 1350. The summed E-state index contributed by atoms with van der Waals surface area (Å²) in [5.41, 5.74) is 1.43. The first kappa shape index (κ1) is 32.5. The van der Waals surface area contributed by atoms with Crippen LogP contribution < -0.4 is 14.8 Å². The summed E-state index contributed by atoms with van der Waals surface area (Å²) in [7, 11) is 3.25. The first-order valence-electron chi connectivity index (χ1n) is 15.6. The number of esters is 1. The standard InChI is InChI=1S/C36H43NO8/c1-24(39)43-34-32-30(35(40)37-21-9-4-5-10-22-38)23-31(44-32)33(34)45-36(25-11-7-6-8-12-25,26-13-17-28(41-2)18-14-26)27-15-19-29(42-3)20-16-27/h6-8,11-20,30-34,38H,4-5,9-10,21-23H2,1-3H3,(H,37,40). The monoisotopic (exact) mass is 617 g/mol. The number of fused-ring (bicyclic) bond motifs is 2. The Labute approximate surface area is 264 Å². The van der Waals surface area contributed by atoms with Crippen LogP contribution >= 0.6 is 0 Å². The van der Waals surface area contributed by atoms with Gasteiger partial charge in [0.15, 0.2) is 6.10 Å². The van der Waals surface area contributed by atoms with Crippen molar-refractivity contribution in [3.63, 3.8) is 0 Å². The van der Waals surface area contributed by atoms with Crippen molar-refractivity contribution in [2.75, 3.05) is 27.4 Å². The van der Waals surface area contributed by atoms with Gasteiger partial charge in [0.05, 0.1) is 26.2 Å². The number of benzene rings is 3. The van der Waals surface area contributed by atoms with Gasteiger partial charge in [-0.15, -0.1) is 0 Å². The Morgan fingerprint density at radius 1 is 0.822 bits per heavy atom. The van der Waals surface area contributed by atoms with E-state index in [-0.39, 0.29) is 12.5 Å². The highest BCUT2D eigenvalue weighted by atomic mass is 16.6. The fourth-order valence-electron chi connectivity index (χ4n) is 6.54. The molecule has 2 heterocycles. The van der Waals surface area contributed by atoms with Crippen LogP contribution in [-0.2, 0) is 29.4 Å². The molecule has 5 rings (SSSR count). The van der Waals surface area contributed by atoms with Gasteiger partial charge in [-0.2, -0.15) is 0 Å². The van der Waals surface area contributed by atoms with Crippen LogP contribution in [0.15, 0.2) is 78.9 Å². The van der Waals surface area contributed by atoms with E-state index in [4.69, 9.17) is 28.8 Å². The molecule has 0 spiro atoms. The third-order valence-electron chi connectivity index (χ3n) is 8.74. The van der Waals surface area contributed by atoms with Crippen molar-refractivity contribution in [3.05, 3.63) is 95.6 Å². The van der Waals surface area contributed by atoms with E-state index in [0.717, 1.165) is 42.4 Å². The second kappa shape index (κ2) is 14.9. The SMILES string of the molecule is COc1ccc(C(OC2C3CC(C(=O)NCCCCCCO)C(O3)C2OC(C)=O)(c2ccccc2)c2ccc(OC)cc2)cc1. The van der Waals surface area contributed by atoms with E-state index in [1.165, 1.54) is 6.92 Å². The zero-order chi connectivity index (χ0) is 31.8. The molecule has 5 atom stereocenters. The van der Waals surface area contributed by atoms with Gasteiger partial charge in [0, 0.05) is 20.1 Å². The molecule has 2 aliphatic heterocycles. The van der Waals surface area contributed by atoms with Gasteiger partial charge < -0.3 is 34.1 Å². The van der Waals surface area contributed by atoms with Crippen LogP contribution in [-0.4, -0.2) is 68.8 Å². The van der Waals surface area contributed by atoms with E-state index in [1.807, 2.05) is 78.9 Å². The van der Waals surface area contributed by atoms with E-state index >= 15 is 0 Å². The number of ether oxygens (including phenoxy) is 5. The van der Waals surface area contributed by atoms with Crippen molar-refractivity contribution in [3.8, 4) is 11.5 Å². The average Bonchev–Trinajstić information content (AvgIpc) is 3.65. The molecule has 3 aromatic carbocycles. The second-order valence-corrected chi connectivity index (χ2v) is 11.6. The summed E-state index contributed by atoms with van der Waals surface area (Å²) >= 11 is 0. The number of aliphatic hydroxyl groups excluding tert-OH is 1. The van der Waals surface area contributed by atoms with Gasteiger partial charge in [0.25, 0.3) is 0 Å². The molecule has 9 nitrogen and oxygen atoms in total. The quantitative estimate of drug-likeness (QED) is 0.143. The predicted octanol–water partition coefficient (Wildman–Crippen LogP) is 4.77. The van der Waals surface area contributed by atoms with Crippen molar-refractivity contribution in [1.29, 1.82) is 0 Å². The van der Waals surface area contributed by atoms with Crippen molar-refractivity contribution in [2.45, 2.75) is 69.0 Å². The number of nitrogens with one attached hydrogen (secondary N) is 1. The van der Waals surface area contributed by atoms with E-state index in [2.05, 4.69) is 5.32 Å². The molecule has 5 unspecified atom stereocenters. The number of rotatable bonds is 15. The average molecular weight is 618 g/mol. The smallest absolute Gasteiger partial charge is 0.303 e. The number of hydrogen-bond donors (Lipinski definition) is 2. The molecule has 2 N–H and O–H groups in total. The highest BCUT2D eigenvalue weighted by Crippen LogP contribution is 2.49. The summed E-state index contributed by atoms with van der Waals surface area (Å²) in [6.45, 7) is 2.09. The van der Waals surface area contributed by atoms with Gasteiger partial charge in [-0.05, 0) is 60.2 Å². The van der Waals surface area contributed by atoms with Crippen LogP contribution in [0.25, 0.3) is 0 Å². The summed E-state index contributed by atoms with van der Waals surface area (Å²) in [6.07, 6.45) is 1.32. The topological polar surface area (TPSA) is 113 Å². The number of carbonyl (C=O) groups excluding carboxylic acids is 2. The Balaban J connectivity index is 1.50. The minimum Gasteiger partial charge on any atom is -0.497 e. The number of aliphatic hydroxyl groups is 1. The molecule has 1 amide bonds. The first-order chi connectivity index (χ1) is 21.9. The molecule has 2 bridgehead atoms. The lowest BCUT2D eigenvalue weighted by Crippen LogP contribution is -2.52. The third kappa shape index (κ3) is 7.01. The maximum Gasteiger partial charge on any atom is 0.303 e. The lowest BCUT2D eigenvalue weighted by molar-refractivity contribution is -0.167. The number of hydrogen-bond acceptors (Lipinski definition) is 8. The van der Waals surface area contributed by atoms with Crippen molar-refractivity contribution < 1.29 is 38.4 Å². The maximum atomic E-state index is 13.3. The zero-order valence-corrected chi connectivity index (χ0v) is 26.1. The molecule has 2 aliphatic rings. The molecule has 3 aromatic rings. The Morgan fingerprint density at radius 2 is 1.40 bits per heavy atom. The Morgan fingerprint density at radius 3 is 1.96 bits per heavy atom. The molecule has 2 saturated heterocycles. The van der Waals surface area contributed by atoms with Crippen molar-refractivity contribution in [1.82, 2.24) is 5.32 Å². The van der Waals surface area contributed by atoms with E-state index < -0.39 is 41.9 Å². The molecule has 0 saturated carbocycles. The number of amides is 1. The number of carbonyl (C=O) groups is 2. The Hall–Kier alpha value is -3.92. The van der Waals surface area contributed by atoms with Crippen LogP contribution in [0.3, 0.4) is 0 Å². The third-order valence-corrected chi connectivity index (χ3v) is 8.74. The Kier molecular flexibility index (Phi) is 10.8. The molecule has 2 fully saturated rings. The van der Waals surface area contributed by atoms with Crippen LogP contribution in [0.4, 0.5) is 0 Å². The summed E-state index contributed by atoms with van der Waals surface area (Å²) in [5, 5.41) is 12.0. The molecule has 45 heavy (non-hydrogen) atoms. The highest BCUT2D eigenvalue weighted by Gasteiger charge is 2.61. The lowest BCUT2D eigenvalue weighted by Gasteiger charge is -2.41. The largest absolute Gasteiger partial charge is 0.497 e. The predicted molar refractivity (Wildman–Crippen MR) is 168 cm³/mol. The molecule has 9 heteroatoms. The van der Waals surface area contributed by atoms with Crippen LogP contribution in [0, 0.1) is 5.92 Å². The van der Waals surface area contributed by atoms with E-state index in [0.29, 0.717) is 24.5 Å². The second-order valence-electron chi connectivity index (χ2n) is 11.6. The van der Waals surface area contributed by atoms with Gasteiger partial charge in [0.1, 0.15) is 29.3 Å². The summed E-state index contributed by atoms with van der Waals surface area (Å²) in [6, 6.07) is 25.4. The zero-order valence-electron chi connectivity index (χ0n) is 26.1. The van der Waals surface area contributed by atoms with Gasteiger partial charge in [-0.25, -0.2) is 0 Å². The lowest BCUT2D eigenvalue weighted by atomic mass is 9.78.